The molecule has 196 valence electrons. The smallest absolute Gasteiger partial charge is 0.166 e. The van der Waals surface area contributed by atoms with Gasteiger partial charge in [-0.15, -0.1) is 0 Å². The van der Waals surface area contributed by atoms with Gasteiger partial charge in [0.05, 0.1) is 0 Å². The van der Waals surface area contributed by atoms with Crippen molar-refractivity contribution < 1.29 is 17.6 Å². The molecule has 36 heavy (non-hydrogen) atoms. The van der Waals surface area contributed by atoms with Gasteiger partial charge in [-0.25, -0.2) is 17.6 Å². The van der Waals surface area contributed by atoms with Crippen molar-refractivity contribution in [2.75, 3.05) is 0 Å². The van der Waals surface area contributed by atoms with Crippen LogP contribution >= 0.6 is 0 Å². The van der Waals surface area contributed by atoms with Crippen LogP contribution in [0.4, 0.5) is 17.6 Å². The van der Waals surface area contributed by atoms with Crippen LogP contribution in [0.5, 0.6) is 0 Å². The second-order valence-corrected chi connectivity index (χ2v) is 11.0. The summed E-state index contributed by atoms with van der Waals surface area (Å²) in [7, 11) is 0. The Labute approximate surface area is 214 Å². The van der Waals surface area contributed by atoms with Gasteiger partial charge in [0.2, 0.25) is 0 Å². The quantitative estimate of drug-likeness (QED) is 0.300. The zero-order valence-corrected chi connectivity index (χ0v) is 21.8. The zero-order chi connectivity index (χ0) is 25.7. The Kier molecular flexibility index (Phi) is 9.30. The van der Waals surface area contributed by atoms with Crippen LogP contribution in [-0.2, 0) is 6.42 Å². The molecule has 4 heteroatoms. The number of hydrogen-bond acceptors (Lipinski definition) is 0. The van der Waals surface area contributed by atoms with E-state index in [-0.39, 0.29) is 17.8 Å². The number of rotatable bonds is 9. The van der Waals surface area contributed by atoms with Crippen molar-refractivity contribution in [3.05, 3.63) is 70.8 Å². The Balaban J connectivity index is 1.32. The largest absolute Gasteiger partial charge is 0.209 e. The van der Waals surface area contributed by atoms with Crippen molar-refractivity contribution in [2.45, 2.75) is 96.8 Å². The molecule has 0 amide bonds. The lowest BCUT2D eigenvalue weighted by atomic mass is 9.75. The summed E-state index contributed by atoms with van der Waals surface area (Å²) < 4.78 is 59.3. The fourth-order valence-corrected chi connectivity index (χ4v) is 6.26. The normalized spacial score (nSPS) is 24.8. The molecule has 2 unspecified atom stereocenters. The monoisotopic (exact) mass is 500 g/mol. The lowest BCUT2D eigenvalue weighted by molar-refractivity contribution is 0.242. The minimum atomic E-state index is -0.766. The van der Waals surface area contributed by atoms with Gasteiger partial charge in [0.1, 0.15) is 11.7 Å². The first-order chi connectivity index (χ1) is 17.4. The van der Waals surface area contributed by atoms with Crippen LogP contribution in [0.25, 0.3) is 11.1 Å². The maximum Gasteiger partial charge on any atom is 0.166 e. The van der Waals surface area contributed by atoms with E-state index in [1.807, 2.05) is 24.3 Å². The maximum absolute atomic E-state index is 15.1. The van der Waals surface area contributed by atoms with Gasteiger partial charge in [-0.05, 0) is 92.7 Å². The number of halogens is 4. The molecule has 4 rings (SSSR count). The Morgan fingerprint density at radius 3 is 1.92 bits per heavy atom. The molecule has 0 radical (unpaired) electrons. The molecule has 0 N–H and O–H groups in total. The van der Waals surface area contributed by atoms with Crippen molar-refractivity contribution >= 4 is 0 Å². The van der Waals surface area contributed by atoms with Crippen LogP contribution in [0.1, 0.15) is 102 Å². The van der Waals surface area contributed by atoms with Crippen LogP contribution in [0, 0.1) is 29.4 Å². The van der Waals surface area contributed by atoms with Gasteiger partial charge in [0, 0.05) is 17.4 Å². The van der Waals surface area contributed by atoms with Gasteiger partial charge < -0.3 is 0 Å². The standard InChI is InChI=1S/C32H40F4/c1-3-5-6-25-17-18-26(30(34)29(25)33)16-11-22-9-14-24(15-10-22)28-20-19-27(31(35)32(28)36)23-12-7-21(4-2)8-13-23/h7-8,12-13,19-20,22,24-26H,3-6,9-11,14-18H2,1-2H3. The number of benzene rings is 2. The van der Waals surface area contributed by atoms with Crippen molar-refractivity contribution in [3.8, 4) is 11.1 Å². The predicted octanol–water partition coefficient (Wildman–Crippen LogP) is 10.6. The molecule has 1 saturated carbocycles. The van der Waals surface area contributed by atoms with Crippen LogP contribution in [0.15, 0.2) is 48.1 Å². The van der Waals surface area contributed by atoms with E-state index in [2.05, 4.69) is 13.8 Å². The predicted molar refractivity (Wildman–Crippen MR) is 140 cm³/mol. The second kappa shape index (κ2) is 12.4. The molecule has 0 nitrogen and oxygen atoms in total. The summed E-state index contributed by atoms with van der Waals surface area (Å²) in [4.78, 5) is 0. The van der Waals surface area contributed by atoms with Crippen LogP contribution < -0.4 is 0 Å². The van der Waals surface area contributed by atoms with Crippen molar-refractivity contribution in [1.82, 2.24) is 0 Å². The zero-order valence-electron chi connectivity index (χ0n) is 21.8. The Bertz CT molecular complexity index is 1030. The number of aryl methyl sites for hydroxylation is 1. The Morgan fingerprint density at radius 1 is 0.667 bits per heavy atom. The Morgan fingerprint density at radius 2 is 1.31 bits per heavy atom. The Hall–Kier alpha value is -2.10. The lowest BCUT2D eigenvalue weighted by Gasteiger charge is -2.31. The number of unbranched alkanes of at least 4 members (excludes halogenated alkanes) is 1. The molecule has 0 saturated heterocycles. The lowest BCUT2D eigenvalue weighted by Crippen LogP contribution is -2.19. The third-order valence-corrected chi connectivity index (χ3v) is 8.71. The van der Waals surface area contributed by atoms with E-state index in [0.29, 0.717) is 29.0 Å². The summed E-state index contributed by atoms with van der Waals surface area (Å²) in [6.45, 7) is 4.14. The summed E-state index contributed by atoms with van der Waals surface area (Å²) in [6.07, 6.45) is 10.1. The van der Waals surface area contributed by atoms with Gasteiger partial charge in [0.25, 0.3) is 0 Å². The van der Waals surface area contributed by atoms with Gasteiger partial charge >= 0.3 is 0 Å². The molecule has 2 aromatic rings. The summed E-state index contributed by atoms with van der Waals surface area (Å²) >= 11 is 0. The molecule has 0 bridgehead atoms. The first-order valence-electron chi connectivity index (χ1n) is 14.0. The summed E-state index contributed by atoms with van der Waals surface area (Å²) in [6, 6.07) is 11.1. The van der Waals surface area contributed by atoms with E-state index in [9.17, 15) is 8.78 Å². The van der Waals surface area contributed by atoms with Crippen LogP contribution in [0.3, 0.4) is 0 Å². The maximum atomic E-state index is 15.1. The third kappa shape index (κ3) is 6.06. The van der Waals surface area contributed by atoms with E-state index in [1.165, 1.54) is 0 Å². The molecule has 0 aromatic heterocycles. The highest BCUT2D eigenvalue weighted by Crippen LogP contribution is 2.44. The highest BCUT2D eigenvalue weighted by molar-refractivity contribution is 5.65. The van der Waals surface area contributed by atoms with E-state index >= 15 is 8.78 Å². The molecule has 1 fully saturated rings. The molecule has 2 atom stereocenters. The summed E-state index contributed by atoms with van der Waals surface area (Å²) in [5.41, 5.74) is 2.63. The minimum absolute atomic E-state index is 0.00958. The summed E-state index contributed by atoms with van der Waals surface area (Å²) in [5.74, 6) is -2.55. The van der Waals surface area contributed by atoms with Crippen LogP contribution in [-0.4, -0.2) is 0 Å². The van der Waals surface area contributed by atoms with E-state index in [0.717, 1.165) is 76.2 Å². The first kappa shape index (κ1) is 26.9. The van der Waals surface area contributed by atoms with Gasteiger partial charge in [-0.2, -0.15) is 0 Å². The highest BCUT2D eigenvalue weighted by Gasteiger charge is 2.32. The average Bonchev–Trinajstić information content (AvgIpc) is 2.91. The fourth-order valence-electron chi connectivity index (χ4n) is 6.26. The van der Waals surface area contributed by atoms with Gasteiger partial charge in [-0.3, -0.25) is 0 Å². The molecule has 0 spiro atoms. The summed E-state index contributed by atoms with van der Waals surface area (Å²) in [5, 5.41) is 0. The van der Waals surface area contributed by atoms with Crippen molar-refractivity contribution in [2.24, 2.45) is 17.8 Å². The topological polar surface area (TPSA) is 0 Å². The second-order valence-electron chi connectivity index (χ2n) is 11.0. The molecule has 0 heterocycles. The average molecular weight is 501 g/mol. The van der Waals surface area contributed by atoms with Gasteiger partial charge in [0.15, 0.2) is 11.6 Å². The molecule has 0 aliphatic heterocycles. The third-order valence-electron chi connectivity index (χ3n) is 8.71. The van der Waals surface area contributed by atoms with Crippen molar-refractivity contribution in [1.29, 1.82) is 0 Å². The fraction of sp³-hybridized carbons (Fsp3) is 0.562. The minimum Gasteiger partial charge on any atom is -0.209 e. The molecular weight excluding hydrogens is 460 g/mol. The van der Waals surface area contributed by atoms with E-state index in [4.69, 9.17) is 0 Å². The van der Waals surface area contributed by atoms with Gasteiger partial charge in [-0.1, -0.05) is 63.1 Å². The molecular formula is C32H40F4. The molecule has 2 aliphatic rings. The highest BCUT2D eigenvalue weighted by atomic mass is 19.2. The number of hydrogen-bond donors (Lipinski definition) is 0. The first-order valence-corrected chi connectivity index (χ1v) is 14.0. The van der Waals surface area contributed by atoms with Crippen molar-refractivity contribution in [3.63, 3.8) is 0 Å². The van der Waals surface area contributed by atoms with E-state index < -0.39 is 23.3 Å². The van der Waals surface area contributed by atoms with Crippen LogP contribution in [0.2, 0.25) is 0 Å². The molecule has 2 aliphatic carbocycles. The van der Waals surface area contributed by atoms with E-state index in [1.54, 1.807) is 12.1 Å². The number of allylic oxidation sites excluding steroid dienone is 2. The molecule has 2 aromatic carbocycles. The SMILES string of the molecule is CCCCC1CCC(CCC2CCC(c3ccc(-c4ccc(CC)cc4)c(F)c3F)CC2)C(F)=C1F.